The Morgan fingerprint density at radius 1 is 1.13 bits per heavy atom. The van der Waals surface area contributed by atoms with Crippen LogP contribution < -0.4 is 11.1 Å². The smallest absolute Gasteiger partial charge is 0.337 e. The molecule has 1 heterocycles. The molecule has 156 valence electrons. The minimum absolute atomic E-state index is 0.0860. The highest BCUT2D eigenvalue weighted by Gasteiger charge is 2.24. The summed E-state index contributed by atoms with van der Waals surface area (Å²) >= 11 is 1.91. The van der Waals surface area contributed by atoms with Gasteiger partial charge in [-0.05, 0) is 70.5 Å². The lowest BCUT2D eigenvalue weighted by Gasteiger charge is -2.16. The van der Waals surface area contributed by atoms with Crippen LogP contribution in [0.15, 0.2) is 30.5 Å². The molecule has 0 unspecified atom stereocenters. The quantitative estimate of drug-likeness (QED) is 0.313. The van der Waals surface area contributed by atoms with Crippen molar-refractivity contribution in [3.63, 3.8) is 0 Å². The summed E-state index contributed by atoms with van der Waals surface area (Å²) in [4.78, 5) is 15.2. The van der Waals surface area contributed by atoms with Crippen LogP contribution in [0.1, 0.15) is 27.0 Å². The van der Waals surface area contributed by atoms with E-state index in [9.17, 15) is 27.5 Å². The first-order chi connectivity index (χ1) is 14.1. The highest BCUT2D eigenvalue weighted by molar-refractivity contribution is 14.1. The maximum absolute atomic E-state index is 14.8. The summed E-state index contributed by atoms with van der Waals surface area (Å²) in [5, 5.41) is 11.8. The van der Waals surface area contributed by atoms with Gasteiger partial charge in [-0.1, -0.05) is 0 Å². The van der Waals surface area contributed by atoms with E-state index in [1.807, 2.05) is 22.6 Å². The van der Waals surface area contributed by atoms with Gasteiger partial charge in [0.05, 0.1) is 16.9 Å². The molecule has 0 amide bonds. The molecule has 0 saturated carbocycles. The van der Waals surface area contributed by atoms with E-state index >= 15 is 0 Å². The van der Waals surface area contributed by atoms with Crippen LogP contribution in [0.2, 0.25) is 0 Å². The monoisotopic (exact) mass is 531 g/mol. The van der Waals surface area contributed by atoms with Gasteiger partial charge in [0, 0.05) is 16.2 Å². The Balaban J connectivity index is 2.10. The van der Waals surface area contributed by atoms with Gasteiger partial charge < -0.3 is 16.2 Å². The number of halogens is 5. The van der Waals surface area contributed by atoms with E-state index in [0.717, 1.165) is 6.07 Å². The lowest BCUT2D eigenvalue weighted by atomic mass is 10.00. The van der Waals surface area contributed by atoms with Gasteiger partial charge in [0.25, 0.3) is 0 Å². The number of rotatable bonds is 5. The van der Waals surface area contributed by atoms with E-state index < -0.39 is 58.3 Å². The molecule has 0 saturated heterocycles. The fourth-order valence-corrected chi connectivity index (χ4v) is 3.26. The Morgan fingerprint density at radius 3 is 2.50 bits per heavy atom. The zero-order valence-corrected chi connectivity index (χ0v) is 17.5. The lowest BCUT2D eigenvalue weighted by Crippen LogP contribution is -2.11. The first kappa shape index (κ1) is 21.8. The maximum Gasteiger partial charge on any atom is 0.337 e. The molecule has 0 atom stereocenters. The molecular formula is C20H14F4IN3O2. The minimum Gasteiger partial charge on any atom is -0.478 e. The third-order valence-corrected chi connectivity index (χ3v) is 5.56. The van der Waals surface area contributed by atoms with E-state index in [0.29, 0.717) is 9.13 Å². The first-order valence-corrected chi connectivity index (χ1v) is 9.53. The normalized spacial score (nSPS) is 10.9. The standard InChI is InChI=1S/C20H14F4IN3O2/c1-8-4-14(12(21)7-13(8)25)28-18-11(20(29)30)6-10(15(22)17(18)24)5-9-2-3-27-19(26)16(9)23/h2-4,6-7,28H,5H2,1H3,(H2,26,27)(H,29,30). The molecule has 0 radical (unpaired) electrons. The molecule has 4 N–H and O–H groups in total. The number of aromatic nitrogens is 1. The average molecular weight is 531 g/mol. The Labute approximate surface area is 182 Å². The molecule has 0 spiro atoms. The third kappa shape index (κ3) is 4.18. The molecule has 3 rings (SSSR count). The van der Waals surface area contributed by atoms with Gasteiger partial charge >= 0.3 is 5.97 Å². The fraction of sp³-hybridized carbons (Fsp3) is 0.100. The SMILES string of the molecule is Cc1cc(Nc2c(C(=O)O)cc(Cc3ccnc(N)c3F)c(F)c2F)c(F)cc1I. The summed E-state index contributed by atoms with van der Waals surface area (Å²) < 4.78 is 58.4. The Morgan fingerprint density at radius 2 is 1.83 bits per heavy atom. The number of aryl methyl sites for hydroxylation is 1. The Bertz CT molecular complexity index is 1170. The molecule has 0 fully saturated rings. The Kier molecular flexibility index (Phi) is 6.15. The summed E-state index contributed by atoms with van der Waals surface area (Å²) in [6, 6.07) is 4.62. The summed E-state index contributed by atoms with van der Waals surface area (Å²) in [6.45, 7) is 1.68. The lowest BCUT2D eigenvalue weighted by molar-refractivity contribution is 0.0697. The van der Waals surface area contributed by atoms with Crippen molar-refractivity contribution >= 4 is 45.8 Å². The summed E-state index contributed by atoms with van der Waals surface area (Å²) in [7, 11) is 0. The number of pyridine rings is 1. The number of nitrogens with zero attached hydrogens (tertiary/aromatic N) is 1. The molecule has 0 aliphatic rings. The zero-order chi connectivity index (χ0) is 22.2. The van der Waals surface area contributed by atoms with Gasteiger partial charge in [-0.2, -0.15) is 0 Å². The van der Waals surface area contributed by atoms with Crippen molar-refractivity contribution < 1.29 is 27.5 Å². The average Bonchev–Trinajstić information content (AvgIpc) is 2.68. The summed E-state index contributed by atoms with van der Waals surface area (Å²) in [5.41, 5.74) is 3.95. The predicted octanol–water partition coefficient (Wildman–Crippen LogP) is 5.17. The van der Waals surface area contributed by atoms with Crippen LogP contribution in [-0.4, -0.2) is 16.1 Å². The molecule has 2 aromatic carbocycles. The zero-order valence-electron chi connectivity index (χ0n) is 15.4. The van der Waals surface area contributed by atoms with Crippen molar-refractivity contribution in [1.29, 1.82) is 0 Å². The van der Waals surface area contributed by atoms with Gasteiger partial charge in [-0.15, -0.1) is 0 Å². The van der Waals surface area contributed by atoms with Crippen molar-refractivity contribution in [1.82, 2.24) is 4.98 Å². The molecule has 0 aliphatic heterocycles. The molecule has 30 heavy (non-hydrogen) atoms. The molecule has 0 aliphatic carbocycles. The number of hydrogen-bond donors (Lipinski definition) is 3. The first-order valence-electron chi connectivity index (χ1n) is 8.45. The van der Waals surface area contributed by atoms with Crippen LogP contribution in [0.4, 0.5) is 34.8 Å². The predicted molar refractivity (Wildman–Crippen MR) is 112 cm³/mol. The topological polar surface area (TPSA) is 88.2 Å². The number of carbonyl (C=O) groups is 1. The second kappa shape index (κ2) is 8.46. The molecule has 10 heteroatoms. The van der Waals surface area contributed by atoms with Crippen LogP contribution in [-0.2, 0) is 6.42 Å². The molecule has 5 nitrogen and oxygen atoms in total. The largest absolute Gasteiger partial charge is 0.478 e. The van der Waals surface area contributed by atoms with Crippen LogP contribution >= 0.6 is 22.6 Å². The summed E-state index contributed by atoms with van der Waals surface area (Å²) in [6.07, 6.45) is 0.733. The summed E-state index contributed by atoms with van der Waals surface area (Å²) in [5.74, 6) is -6.58. The Hall–Kier alpha value is -2.89. The minimum atomic E-state index is -1.57. The number of benzene rings is 2. The number of carboxylic acids is 1. The van der Waals surface area contributed by atoms with Crippen LogP contribution in [0.3, 0.4) is 0 Å². The number of anilines is 3. The maximum atomic E-state index is 14.8. The van der Waals surface area contributed by atoms with Gasteiger partial charge in [0.15, 0.2) is 23.3 Å². The third-order valence-electron chi connectivity index (χ3n) is 4.40. The van der Waals surface area contributed by atoms with E-state index in [1.54, 1.807) is 6.92 Å². The fourth-order valence-electron chi connectivity index (χ4n) is 2.83. The number of nitrogens with two attached hydrogens (primary N) is 1. The van der Waals surface area contributed by atoms with Crippen molar-refractivity contribution in [3.05, 3.63) is 79.6 Å². The van der Waals surface area contributed by atoms with E-state index in [-0.39, 0.29) is 11.3 Å². The number of carboxylic acid groups (broad SMARTS) is 1. The molecule has 1 aromatic heterocycles. The number of nitrogen functional groups attached to an aromatic ring is 1. The molecular weight excluding hydrogens is 517 g/mol. The van der Waals surface area contributed by atoms with E-state index in [1.165, 1.54) is 24.4 Å². The van der Waals surface area contributed by atoms with Crippen molar-refractivity contribution in [2.75, 3.05) is 11.1 Å². The van der Waals surface area contributed by atoms with Crippen LogP contribution in [0, 0.1) is 33.8 Å². The highest BCUT2D eigenvalue weighted by Crippen LogP contribution is 2.32. The highest BCUT2D eigenvalue weighted by atomic mass is 127. The van der Waals surface area contributed by atoms with Crippen LogP contribution in [0.5, 0.6) is 0 Å². The van der Waals surface area contributed by atoms with Crippen molar-refractivity contribution in [2.45, 2.75) is 13.3 Å². The number of nitrogens with one attached hydrogen (secondary N) is 1. The number of aromatic carboxylic acids is 1. The number of hydrogen-bond acceptors (Lipinski definition) is 4. The van der Waals surface area contributed by atoms with Crippen LogP contribution in [0.25, 0.3) is 0 Å². The molecule has 0 bridgehead atoms. The van der Waals surface area contributed by atoms with Gasteiger partial charge in [-0.25, -0.2) is 27.3 Å². The second-order valence-electron chi connectivity index (χ2n) is 6.44. The van der Waals surface area contributed by atoms with E-state index in [4.69, 9.17) is 5.73 Å². The van der Waals surface area contributed by atoms with Gasteiger partial charge in [-0.3, -0.25) is 0 Å². The van der Waals surface area contributed by atoms with Crippen molar-refractivity contribution in [3.8, 4) is 0 Å². The van der Waals surface area contributed by atoms with E-state index in [2.05, 4.69) is 10.3 Å². The molecule has 3 aromatic rings. The van der Waals surface area contributed by atoms with Crippen molar-refractivity contribution in [2.24, 2.45) is 0 Å². The van der Waals surface area contributed by atoms with Gasteiger partial charge in [0.1, 0.15) is 5.82 Å². The second-order valence-corrected chi connectivity index (χ2v) is 7.61. The van der Waals surface area contributed by atoms with Gasteiger partial charge in [0.2, 0.25) is 0 Å².